The first kappa shape index (κ1) is 31.1. The van der Waals surface area contributed by atoms with Gasteiger partial charge >= 0.3 is 18.2 Å². The minimum Gasteiger partial charge on any atom is -0.424 e. The van der Waals surface area contributed by atoms with E-state index in [-0.39, 0.29) is 11.7 Å². The number of hydrogen-bond donors (Lipinski definition) is 2. The van der Waals surface area contributed by atoms with Crippen molar-refractivity contribution in [3.05, 3.63) is 78.9 Å². The van der Waals surface area contributed by atoms with E-state index < -0.39 is 38.4 Å². The number of sulfonamides is 1. The van der Waals surface area contributed by atoms with Gasteiger partial charge in [0, 0.05) is 40.0 Å². The highest BCUT2D eigenvalue weighted by Crippen LogP contribution is 2.34. The van der Waals surface area contributed by atoms with Gasteiger partial charge in [-0.1, -0.05) is 12.1 Å². The van der Waals surface area contributed by atoms with Crippen LogP contribution in [0.2, 0.25) is 0 Å². The number of benzene rings is 2. The molecule has 3 aromatic heterocycles. The standard InChI is InChI=1S/C28H26F3N9O4S/c1-38(2)24-11-12-40-25(37-24)21(16-34-40)17-5-8-20(9-6-17)44-27-32-14-19(15-33-27)35-26(41)36-22-13-18(28(29,30)31)7-10-23(22)45(42,43)39(3)4/h5-16H,1-4H3,(H2,35,36,41). The molecule has 13 nitrogen and oxygen atoms in total. The first-order chi connectivity index (χ1) is 21.2. The lowest BCUT2D eigenvalue weighted by molar-refractivity contribution is -0.137. The number of anilines is 3. The van der Waals surface area contributed by atoms with Crippen molar-refractivity contribution < 1.29 is 31.1 Å². The summed E-state index contributed by atoms with van der Waals surface area (Å²) in [7, 11) is 2.05. The molecule has 0 fully saturated rings. The Hall–Kier alpha value is -5.29. The molecule has 3 heterocycles. The van der Waals surface area contributed by atoms with Crippen molar-refractivity contribution in [1.82, 2.24) is 28.9 Å². The molecule has 0 aliphatic carbocycles. The topological polar surface area (TPSA) is 147 Å². The van der Waals surface area contributed by atoms with Crippen LogP contribution >= 0.6 is 0 Å². The number of fused-ring (bicyclic) bond motifs is 1. The number of carbonyl (C=O) groups excluding carboxylic acids is 1. The van der Waals surface area contributed by atoms with Crippen molar-refractivity contribution in [3.8, 4) is 22.9 Å². The number of amides is 2. The molecule has 0 bridgehead atoms. The number of urea groups is 1. The summed E-state index contributed by atoms with van der Waals surface area (Å²) in [6, 6.07) is 9.84. The average Bonchev–Trinajstić information content (AvgIpc) is 3.41. The number of nitrogens with one attached hydrogen (secondary N) is 2. The zero-order valence-corrected chi connectivity index (χ0v) is 25.1. The van der Waals surface area contributed by atoms with E-state index in [1.54, 1.807) is 22.8 Å². The van der Waals surface area contributed by atoms with E-state index in [1.807, 2.05) is 43.4 Å². The molecule has 2 aromatic carbocycles. The largest absolute Gasteiger partial charge is 0.424 e. The van der Waals surface area contributed by atoms with Crippen molar-refractivity contribution in [1.29, 1.82) is 0 Å². The minimum atomic E-state index is -4.77. The van der Waals surface area contributed by atoms with Crippen molar-refractivity contribution in [2.75, 3.05) is 43.7 Å². The second-order valence-corrected chi connectivity index (χ2v) is 12.1. The summed E-state index contributed by atoms with van der Waals surface area (Å²) < 4.78 is 73.3. The maximum Gasteiger partial charge on any atom is 0.416 e. The van der Waals surface area contributed by atoms with Gasteiger partial charge in [-0.3, -0.25) is 0 Å². The molecule has 0 unspecified atom stereocenters. The van der Waals surface area contributed by atoms with Gasteiger partial charge in [0.2, 0.25) is 10.0 Å². The Morgan fingerprint density at radius 2 is 1.62 bits per heavy atom. The van der Waals surface area contributed by atoms with Crippen molar-refractivity contribution in [3.63, 3.8) is 0 Å². The first-order valence-electron chi connectivity index (χ1n) is 13.1. The Labute approximate surface area is 255 Å². The van der Waals surface area contributed by atoms with Crippen molar-refractivity contribution in [2.45, 2.75) is 11.1 Å². The molecule has 2 N–H and O–H groups in total. The summed E-state index contributed by atoms with van der Waals surface area (Å²) in [6.07, 6.45) is 1.21. The van der Waals surface area contributed by atoms with Gasteiger partial charge in [-0.15, -0.1) is 0 Å². The SMILES string of the molecule is CN(C)c1ccn2ncc(-c3ccc(Oc4ncc(NC(=O)Nc5cc(C(F)(F)F)ccc5S(=O)(=O)N(C)C)cn4)cc3)c2n1. The van der Waals surface area contributed by atoms with E-state index >= 15 is 0 Å². The maximum atomic E-state index is 13.3. The molecule has 2 amide bonds. The van der Waals surface area contributed by atoms with Crippen LogP contribution in [0.4, 0.5) is 35.2 Å². The van der Waals surface area contributed by atoms with Gasteiger partial charge in [0.15, 0.2) is 5.65 Å². The predicted octanol–water partition coefficient (Wildman–Crippen LogP) is 4.96. The summed E-state index contributed by atoms with van der Waals surface area (Å²) >= 11 is 0. The van der Waals surface area contributed by atoms with Gasteiger partial charge < -0.3 is 20.3 Å². The fourth-order valence-corrected chi connectivity index (χ4v) is 5.09. The quantitative estimate of drug-likeness (QED) is 0.240. The van der Waals surface area contributed by atoms with Gasteiger partial charge in [-0.05, 0) is 42.0 Å². The molecule has 0 saturated heterocycles. The van der Waals surface area contributed by atoms with E-state index in [1.165, 1.54) is 26.5 Å². The monoisotopic (exact) mass is 641 g/mol. The van der Waals surface area contributed by atoms with E-state index in [9.17, 15) is 26.4 Å². The molecule has 45 heavy (non-hydrogen) atoms. The second-order valence-electron chi connectivity index (χ2n) is 9.96. The van der Waals surface area contributed by atoms with Gasteiger partial charge in [0.1, 0.15) is 16.5 Å². The molecule has 0 saturated carbocycles. The molecule has 17 heteroatoms. The summed E-state index contributed by atoms with van der Waals surface area (Å²) in [5.74, 6) is 1.21. The summed E-state index contributed by atoms with van der Waals surface area (Å²) in [5, 5.41) is 8.88. The fourth-order valence-electron chi connectivity index (χ4n) is 4.06. The Morgan fingerprint density at radius 1 is 0.933 bits per heavy atom. The second kappa shape index (κ2) is 12.0. The molecule has 0 radical (unpaired) electrons. The number of rotatable bonds is 8. The van der Waals surface area contributed by atoms with Gasteiger partial charge in [0.05, 0.1) is 35.5 Å². The molecule has 0 aliphatic rings. The van der Waals surface area contributed by atoms with E-state index in [0.29, 0.717) is 23.5 Å². The molecule has 0 atom stereocenters. The smallest absolute Gasteiger partial charge is 0.416 e. The lowest BCUT2D eigenvalue weighted by Gasteiger charge is -2.18. The summed E-state index contributed by atoms with van der Waals surface area (Å²) in [6.45, 7) is 0. The number of nitrogens with zero attached hydrogens (tertiary/aromatic N) is 7. The van der Waals surface area contributed by atoms with E-state index in [2.05, 4.69) is 30.7 Å². The summed E-state index contributed by atoms with van der Waals surface area (Å²) in [5.41, 5.74) is 0.743. The molecule has 0 aliphatic heterocycles. The van der Waals surface area contributed by atoms with Crippen LogP contribution in [0.5, 0.6) is 11.8 Å². The van der Waals surface area contributed by atoms with E-state index in [0.717, 1.165) is 27.3 Å². The zero-order valence-electron chi connectivity index (χ0n) is 24.2. The minimum absolute atomic E-state index is 0.0424. The van der Waals surface area contributed by atoms with Crippen LogP contribution in [-0.4, -0.2) is 71.5 Å². The first-order valence-corrected chi connectivity index (χ1v) is 14.5. The number of carbonyl (C=O) groups is 1. The molecular formula is C28H26F3N9O4S. The zero-order chi connectivity index (χ0) is 32.5. The Balaban J connectivity index is 1.26. The average molecular weight is 642 g/mol. The highest BCUT2D eigenvalue weighted by atomic mass is 32.2. The van der Waals surface area contributed by atoms with Crippen LogP contribution < -0.4 is 20.3 Å². The summed E-state index contributed by atoms with van der Waals surface area (Å²) in [4.78, 5) is 26.7. The van der Waals surface area contributed by atoms with Crippen LogP contribution in [0, 0.1) is 0 Å². The highest BCUT2D eigenvalue weighted by Gasteiger charge is 2.33. The number of alkyl halides is 3. The van der Waals surface area contributed by atoms with Crippen LogP contribution in [0.1, 0.15) is 5.56 Å². The third kappa shape index (κ3) is 6.78. The van der Waals surface area contributed by atoms with Crippen LogP contribution in [-0.2, 0) is 16.2 Å². The lowest BCUT2D eigenvalue weighted by atomic mass is 10.1. The maximum absolute atomic E-state index is 13.3. The fraction of sp³-hybridized carbons (Fsp3) is 0.179. The number of ether oxygens (including phenoxy) is 1. The molecule has 234 valence electrons. The molecule has 5 rings (SSSR count). The highest BCUT2D eigenvalue weighted by molar-refractivity contribution is 7.89. The number of hydrogen-bond acceptors (Lipinski definition) is 9. The Morgan fingerprint density at radius 3 is 2.24 bits per heavy atom. The van der Waals surface area contributed by atoms with Crippen molar-refractivity contribution >= 4 is 38.9 Å². The third-order valence-electron chi connectivity index (χ3n) is 6.39. The molecule has 5 aromatic rings. The van der Waals surface area contributed by atoms with Gasteiger partial charge in [0.25, 0.3) is 0 Å². The van der Waals surface area contributed by atoms with Crippen LogP contribution in [0.15, 0.2) is 78.2 Å². The molecular weight excluding hydrogens is 615 g/mol. The predicted molar refractivity (Wildman–Crippen MR) is 160 cm³/mol. The van der Waals surface area contributed by atoms with Gasteiger partial charge in [-0.2, -0.15) is 18.3 Å². The van der Waals surface area contributed by atoms with E-state index in [4.69, 9.17) is 4.74 Å². The van der Waals surface area contributed by atoms with Crippen LogP contribution in [0.3, 0.4) is 0 Å². The number of halogens is 3. The third-order valence-corrected chi connectivity index (χ3v) is 8.26. The number of aromatic nitrogens is 5. The lowest BCUT2D eigenvalue weighted by Crippen LogP contribution is -2.26. The van der Waals surface area contributed by atoms with Crippen molar-refractivity contribution in [2.24, 2.45) is 0 Å². The Bertz CT molecular complexity index is 1960. The van der Waals surface area contributed by atoms with Gasteiger partial charge in [-0.25, -0.2) is 37.0 Å². The Kier molecular flexibility index (Phi) is 8.31. The molecule has 0 spiro atoms. The van der Waals surface area contributed by atoms with Crippen LogP contribution in [0.25, 0.3) is 16.8 Å². The normalized spacial score (nSPS) is 11.9.